The van der Waals surface area contributed by atoms with Gasteiger partial charge in [-0.15, -0.1) is 0 Å². The molecule has 0 aliphatic heterocycles. The Balaban J connectivity index is 4.09. The monoisotopic (exact) mass is 526 g/mol. The molecule has 0 aromatic rings. The number of rotatable bonds is 21. The average molecular weight is 527 g/mol. The van der Waals surface area contributed by atoms with Crippen LogP contribution in [0.1, 0.15) is 79.1 Å². The normalized spacial score (nSPS) is 13.6. The first-order valence-corrected chi connectivity index (χ1v) is 13.6. The Labute approximate surface area is 231 Å². The number of nitrogens with one attached hydrogen (secondary N) is 2. The summed E-state index contributed by atoms with van der Waals surface area (Å²) in [5.74, 6) is -0.0855. The number of carbonyl (C=O) groups excluding carboxylic acids is 2. The summed E-state index contributed by atoms with van der Waals surface area (Å²) in [5, 5.41) is 11.1. The topological polar surface area (TPSA) is 88.5 Å². The summed E-state index contributed by atoms with van der Waals surface area (Å²) in [7, 11) is 1.52. The molecule has 212 valence electrons. The second-order valence-electron chi connectivity index (χ2n) is 9.68. The van der Waals surface area contributed by atoms with Gasteiger partial charge in [-0.3, -0.25) is 15.0 Å². The molecule has 0 saturated heterocycles. The van der Waals surface area contributed by atoms with Gasteiger partial charge in [0, 0.05) is 25.5 Å². The molecule has 0 radical (unpaired) electrons. The number of ether oxygens (including phenoxy) is 2. The van der Waals surface area contributed by atoms with Crippen molar-refractivity contribution in [3.63, 3.8) is 0 Å². The molecule has 1 atom stereocenters. The van der Waals surface area contributed by atoms with Crippen LogP contribution in [0.5, 0.6) is 0 Å². The van der Waals surface area contributed by atoms with Gasteiger partial charge in [-0.1, -0.05) is 93.7 Å². The summed E-state index contributed by atoms with van der Waals surface area (Å²) in [5.41, 5.74) is -0.594. The van der Waals surface area contributed by atoms with E-state index >= 15 is 0 Å². The van der Waals surface area contributed by atoms with Crippen LogP contribution in [0.2, 0.25) is 0 Å². The molecule has 0 aliphatic carbocycles. The Bertz CT molecular complexity index is 848. The van der Waals surface area contributed by atoms with Crippen molar-refractivity contribution in [2.45, 2.75) is 85.2 Å². The highest BCUT2D eigenvalue weighted by Gasteiger charge is 2.34. The van der Waals surface area contributed by atoms with Crippen LogP contribution < -0.4 is 5.32 Å². The van der Waals surface area contributed by atoms with E-state index in [0.29, 0.717) is 13.0 Å². The van der Waals surface area contributed by atoms with Crippen LogP contribution in [0.15, 0.2) is 72.9 Å². The number of esters is 1. The van der Waals surface area contributed by atoms with E-state index in [2.05, 4.69) is 73.0 Å². The fourth-order valence-electron chi connectivity index (χ4n) is 3.40. The van der Waals surface area contributed by atoms with Gasteiger partial charge in [-0.25, -0.2) is 0 Å². The maximum Gasteiger partial charge on any atom is 0.309 e. The van der Waals surface area contributed by atoms with E-state index in [1.54, 1.807) is 0 Å². The predicted octanol–water partition coefficient (Wildman–Crippen LogP) is 7.20. The van der Waals surface area contributed by atoms with Gasteiger partial charge in [-0.2, -0.15) is 0 Å². The quantitative estimate of drug-likeness (QED) is 0.0714. The van der Waals surface area contributed by atoms with Crippen LogP contribution in [-0.2, 0) is 19.1 Å². The molecule has 0 fully saturated rings. The summed E-state index contributed by atoms with van der Waals surface area (Å²) in [6.07, 6.45) is 31.1. The molecule has 0 rings (SSSR count). The van der Waals surface area contributed by atoms with Gasteiger partial charge in [0.05, 0.1) is 13.0 Å². The van der Waals surface area contributed by atoms with E-state index in [-0.39, 0.29) is 30.6 Å². The second kappa shape index (κ2) is 23.2. The van der Waals surface area contributed by atoms with E-state index < -0.39 is 11.5 Å². The number of hydrogen-bond acceptors (Lipinski definition) is 5. The highest BCUT2D eigenvalue weighted by molar-refractivity contribution is 5.85. The number of methoxy groups -OCH3 is 1. The van der Waals surface area contributed by atoms with Gasteiger partial charge in [0.25, 0.3) is 0 Å². The molecule has 0 heterocycles. The smallest absolute Gasteiger partial charge is 0.309 e. The molecule has 6 heteroatoms. The zero-order valence-corrected chi connectivity index (χ0v) is 24.2. The summed E-state index contributed by atoms with van der Waals surface area (Å²) in [6, 6.07) is 0. The third-order valence-corrected chi connectivity index (χ3v) is 5.49. The van der Waals surface area contributed by atoms with Crippen LogP contribution in [0, 0.1) is 10.8 Å². The lowest BCUT2D eigenvalue weighted by Gasteiger charge is -2.33. The first kappa shape index (κ1) is 35.0. The largest absolute Gasteiger partial charge is 0.465 e. The van der Waals surface area contributed by atoms with Gasteiger partial charge in [0.1, 0.15) is 17.7 Å². The van der Waals surface area contributed by atoms with Gasteiger partial charge < -0.3 is 14.8 Å². The van der Waals surface area contributed by atoms with Crippen molar-refractivity contribution in [1.82, 2.24) is 5.32 Å². The minimum atomic E-state index is -0.594. The lowest BCUT2D eigenvalue weighted by molar-refractivity contribution is -0.147. The summed E-state index contributed by atoms with van der Waals surface area (Å²) >= 11 is 0. The summed E-state index contributed by atoms with van der Waals surface area (Å²) in [4.78, 5) is 23.2. The number of hydrogen-bond donors (Lipinski definition) is 2. The van der Waals surface area contributed by atoms with Crippen molar-refractivity contribution in [3.8, 4) is 0 Å². The van der Waals surface area contributed by atoms with Crippen LogP contribution >= 0.6 is 0 Å². The fourth-order valence-corrected chi connectivity index (χ4v) is 3.40. The van der Waals surface area contributed by atoms with Gasteiger partial charge in [0.15, 0.2) is 0 Å². The molecule has 0 aromatic heterocycles. The highest BCUT2D eigenvalue weighted by atomic mass is 16.5. The maximum atomic E-state index is 12.1. The van der Waals surface area contributed by atoms with Crippen molar-refractivity contribution in [3.05, 3.63) is 72.9 Å². The van der Waals surface area contributed by atoms with Gasteiger partial charge >= 0.3 is 5.97 Å². The number of carbonyl (C=O) groups is 2. The summed E-state index contributed by atoms with van der Waals surface area (Å²) in [6.45, 7) is 7.93. The molecule has 0 bridgehead atoms. The third-order valence-electron chi connectivity index (χ3n) is 5.49. The van der Waals surface area contributed by atoms with Crippen LogP contribution in [0.4, 0.5) is 0 Å². The highest BCUT2D eigenvalue weighted by Crippen LogP contribution is 2.24. The van der Waals surface area contributed by atoms with E-state index in [9.17, 15) is 9.59 Å². The van der Waals surface area contributed by atoms with Crippen molar-refractivity contribution < 1.29 is 19.1 Å². The van der Waals surface area contributed by atoms with Crippen LogP contribution in [-0.4, -0.2) is 44.0 Å². The van der Waals surface area contributed by atoms with Gasteiger partial charge in [0.2, 0.25) is 0 Å². The van der Waals surface area contributed by atoms with E-state index in [0.717, 1.165) is 38.5 Å². The molecule has 0 saturated carbocycles. The first-order valence-electron chi connectivity index (χ1n) is 13.6. The van der Waals surface area contributed by atoms with E-state index in [1.807, 2.05) is 26.0 Å². The standard InChI is InChI=1S/C32H50N2O4/c1-6-7-8-9-10-11-12-13-14-15-16-17-18-19-20-21-22-23-24-29(36)38-27-32(3,4)30(37-5)31(33)34-26-25-28(2)35/h7-8,10-11,13-14,16-17,19-20,22-23,30H,6,9,12,15,18,21,24-27H2,1-5H3,(H2,33,34)/b8-7-,11-10-,14-13-,17-16-,20-19-,23-22-/t30-/m0/s1. The van der Waals surface area contributed by atoms with Crippen molar-refractivity contribution >= 4 is 17.6 Å². The first-order chi connectivity index (χ1) is 18.2. The Hall–Kier alpha value is -2.99. The minimum Gasteiger partial charge on any atom is -0.465 e. The SMILES string of the molecule is CC/C=C\C/C=C\C/C=C\C/C=C\C/C=C\C/C=C\CC(=O)OCC(C)(C)[C@@H](OC)C(=N)NCCC(C)=O. The molecule has 0 amide bonds. The Morgan fingerprint density at radius 1 is 0.816 bits per heavy atom. The number of Topliss-reactive ketones (excluding diaryl/α,β-unsaturated/α-hetero) is 1. The van der Waals surface area contributed by atoms with Crippen LogP contribution in [0.25, 0.3) is 0 Å². The molecule has 2 N–H and O–H groups in total. The van der Waals surface area contributed by atoms with Crippen LogP contribution in [0.3, 0.4) is 0 Å². The molecular formula is C32H50N2O4. The molecular weight excluding hydrogens is 476 g/mol. The predicted molar refractivity (Wildman–Crippen MR) is 159 cm³/mol. The molecule has 0 aliphatic rings. The number of ketones is 1. The number of allylic oxidation sites excluding steroid dienone is 11. The van der Waals surface area contributed by atoms with E-state index in [4.69, 9.17) is 14.9 Å². The maximum absolute atomic E-state index is 12.1. The molecule has 0 unspecified atom stereocenters. The van der Waals surface area contributed by atoms with Crippen molar-refractivity contribution in [2.75, 3.05) is 20.3 Å². The van der Waals surface area contributed by atoms with Crippen molar-refractivity contribution in [2.24, 2.45) is 5.41 Å². The van der Waals surface area contributed by atoms with Gasteiger partial charge in [-0.05, 0) is 45.4 Å². The molecule has 0 aromatic carbocycles. The molecule has 6 nitrogen and oxygen atoms in total. The van der Waals surface area contributed by atoms with Crippen molar-refractivity contribution in [1.29, 1.82) is 5.41 Å². The average Bonchev–Trinajstić information content (AvgIpc) is 2.87. The summed E-state index contributed by atoms with van der Waals surface area (Å²) < 4.78 is 10.9. The lowest BCUT2D eigenvalue weighted by atomic mass is 9.86. The lowest BCUT2D eigenvalue weighted by Crippen LogP contribution is -2.47. The Morgan fingerprint density at radius 2 is 1.26 bits per heavy atom. The minimum absolute atomic E-state index is 0.0573. The zero-order valence-electron chi connectivity index (χ0n) is 24.2. The zero-order chi connectivity index (χ0) is 28.5. The Kier molecular flexibility index (Phi) is 21.3. The molecule has 0 spiro atoms. The fraction of sp³-hybridized carbons (Fsp3) is 0.531. The number of amidine groups is 1. The van der Waals surface area contributed by atoms with E-state index in [1.165, 1.54) is 14.0 Å². The molecule has 38 heavy (non-hydrogen) atoms. The third kappa shape index (κ3) is 20.1. The Morgan fingerprint density at radius 3 is 1.68 bits per heavy atom. The second-order valence-corrected chi connectivity index (χ2v) is 9.68.